The van der Waals surface area contributed by atoms with Gasteiger partial charge in [0.1, 0.15) is 5.69 Å². The first-order chi connectivity index (χ1) is 11.3. The van der Waals surface area contributed by atoms with E-state index in [9.17, 15) is 10.1 Å². The summed E-state index contributed by atoms with van der Waals surface area (Å²) in [6.07, 6.45) is 5.62. The highest BCUT2D eigenvalue weighted by atomic mass is 16.6. The van der Waals surface area contributed by atoms with Gasteiger partial charge in [-0.2, -0.15) is 0 Å². The summed E-state index contributed by atoms with van der Waals surface area (Å²) in [6.45, 7) is 1.95. The molecule has 1 saturated heterocycles. The fraction of sp³-hybridized carbons (Fsp3) is 0.353. The first-order valence-electron chi connectivity index (χ1n) is 7.86. The summed E-state index contributed by atoms with van der Waals surface area (Å²) >= 11 is 0. The monoisotopic (exact) mass is 312 g/mol. The Morgan fingerprint density at radius 2 is 1.87 bits per heavy atom. The molecule has 2 N–H and O–H groups in total. The van der Waals surface area contributed by atoms with E-state index in [0.717, 1.165) is 31.5 Å². The number of nitro groups is 1. The molecule has 6 heteroatoms. The van der Waals surface area contributed by atoms with Crippen molar-refractivity contribution in [3.63, 3.8) is 0 Å². The van der Waals surface area contributed by atoms with Crippen LogP contribution in [0, 0.1) is 16.0 Å². The number of aromatic nitrogens is 1. The molecule has 1 atom stereocenters. The molecule has 0 amide bonds. The van der Waals surface area contributed by atoms with Gasteiger partial charge in [0.05, 0.1) is 11.0 Å². The fourth-order valence-electron chi connectivity index (χ4n) is 3.14. The number of nitro benzene ring substituents is 1. The van der Waals surface area contributed by atoms with Gasteiger partial charge in [-0.25, -0.2) is 0 Å². The minimum absolute atomic E-state index is 0.0428. The number of hydrogen-bond acceptors (Lipinski definition) is 5. The normalized spacial score (nSPS) is 16.7. The lowest BCUT2D eigenvalue weighted by atomic mass is 9.86. The zero-order valence-corrected chi connectivity index (χ0v) is 12.8. The molecule has 0 spiro atoms. The van der Waals surface area contributed by atoms with Crippen molar-refractivity contribution in [3.05, 3.63) is 64.5 Å². The van der Waals surface area contributed by atoms with Crippen LogP contribution in [0.4, 0.5) is 11.4 Å². The van der Waals surface area contributed by atoms with Crippen LogP contribution >= 0.6 is 0 Å². The summed E-state index contributed by atoms with van der Waals surface area (Å²) in [6, 6.07) is 10.8. The van der Waals surface area contributed by atoms with E-state index in [-0.39, 0.29) is 16.7 Å². The van der Waals surface area contributed by atoms with E-state index in [2.05, 4.69) is 15.6 Å². The first-order valence-corrected chi connectivity index (χ1v) is 7.86. The second kappa shape index (κ2) is 7.19. The summed E-state index contributed by atoms with van der Waals surface area (Å²) in [5.74, 6) is 0.429. The Hall–Kier alpha value is -2.47. The van der Waals surface area contributed by atoms with Gasteiger partial charge in [-0.1, -0.05) is 12.1 Å². The number of para-hydroxylation sites is 2. The first kappa shape index (κ1) is 15.4. The van der Waals surface area contributed by atoms with Crippen LogP contribution in [0.1, 0.15) is 24.4 Å². The number of nitrogens with one attached hydrogen (secondary N) is 2. The number of nitrogens with zero attached hydrogens (tertiary/aromatic N) is 2. The summed E-state index contributed by atoms with van der Waals surface area (Å²) < 4.78 is 0. The number of pyridine rings is 1. The second-order valence-corrected chi connectivity index (χ2v) is 5.76. The molecule has 1 aliphatic heterocycles. The van der Waals surface area contributed by atoms with E-state index >= 15 is 0 Å². The molecule has 2 heterocycles. The molecule has 1 fully saturated rings. The Morgan fingerprint density at radius 1 is 1.17 bits per heavy atom. The topological polar surface area (TPSA) is 80.1 Å². The predicted molar refractivity (Wildman–Crippen MR) is 89.3 cm³/mol. The highest BCUT2D eigenvalue weighted by Crippen LogP contribution is 2.34. The largest absolute Gasteiger partial charge is 0.372 e. The quantitative estimate of drug-likeness (QED) is 0.655. The lowest BCUT2D eigenvalue weighted by Crippen LogP contribution is -2.33. The lowest BCUT2D eigenvalue weighted by Gasteiger charge is -2.32. The SMILES string of the molecule is O=[N+]([O-])c1ccccc1NC(c1ccncc1)C1CCNCC1. The molecule has 0 aliphatic carbocycles. The van der Waals surface area contributed by atoms with E-state index < -0.39 is 0 Å². The van der Waals surface area contributed by atoms with Gasteiger partial charge in [0.2, 0.25) is 0 Å². The Kier molecular flexibility index (Phi) is 4.83. The molecule has 23 heavy (non-hydrogen) atoms. The maximum absolute atomic E-state index is 11.3. The number of benzene rings is 1. The summed E-state index contributed by atoms with van der Waals surface area (Å²) in [5.41, 5.74) is 1.79. The molecule has 2 aromatic rings. The minimum Gasteiger partial charge on any atom is -0.372 e. The average Bonchev–Trinajstić information content (AvgIpc) is 2.61. The van der Waals surface area contributed by atoms with Crippen molar-refractivity contribution in [1.82, 2.24) is 10.3 Å². The van der Waals surface area contributed by atoms with Crippen molar-refractivity contribution in [2.45, 2.75) is 18.9 Å². The van der Waals surface area contributed by atoms with Gasteiger partial charge in [0.25, 0.3) is 5.69 Å². The summed E-state index contributed by atoms with van der Waals surface area (Å²) in [7, 11) is 0. The van der Waals surface area contributed by atoms with E-state index in [4.69, 9.17) is 0 Å². The maximum atomic E-state index is 11.3. The number of rotatable bonds is 5. The smallest absolute Gasteiger partial charge is 0.292 e. The molecule has 0 bridgehead atoms. The van der Waals surface area contributed by atoms with Crippen molar-refractivity contribution >= 4 is 11.4 Å². The van der Waals surface area contributed by atoms with Gasteiger partial charge in [-0.15, -0.1) is 0 Å². The lowest BCUT2D eigenvalue weighted by molar-refractivity contribution is -0.384. The number of piperidine rings is 1. The van der Waals surface area contributed by atoms with Gasteiger partial charge >= 0.3 is 0 Å². The van der Waals surface area contributed by atoms with Crippen molar-refractivity contribution in [1.29, 1.82) is 0 Å². The van der Waals surface area contributed by atoms with E-state index in [0.29, 0.717) is 11.6 Å². The van der Waals surface area contributed by atoms with Gasteiger partial charge in [-0.05, 0) is 55.6 Å². The van der Waals surface area contributed by atoms with E-state index in [1.807, 2.05) is 18.2 Å². The maximum Gasteiger partial charge on any atom is 0.292 e. The number of hydrogen-bond donors (Lipinski definition) is 2. The minimum atomic E-state index is -0.339. The molecule has 1 aliphatic rings. The van der Waals surface area contributed by atoms with Crippen LogP contribution in [0.3, 0.4) is 0 Å². The van der Waals surface area contributed by atoms with Crippen molar-refractivity contribution in [2.75, 3.05) is 18.4 Å². The standard InChI is InChI=1S/C17H20N4O2/c22-21(23)16-4-2-1-3-15(16)20-17(13-5-9-18-10-6-13)14-7-11-19-12-8-14/h1-6,9-10,14,17,19-20H,7-8,11-12H2. The molecule has 1 unspecified atom stereocenters. The van der Waals surface area contributed by atoms with Crippen LogP contribution in [0.25, 0.3) is 0 Å². The van der Waals surface area contributed by atoms with Crippen LogP contribution in [0.2, 0.25) is 0 Å². The van der Waals surface area contributed by atoms with E-state index in [1.165, 1.54) is 6.07 Å². The van der Waals surface area contributed by atoms with E-state index in [1.54, 1.807) is 24.5 Å². The fourth-order valence-corrected chi connectivity index (χ4v) is 3.14. The van der Waals surface area contributed by atoms with Crippen molar-refractivity contribution in [3.8, 4) is 0 Å². The third-order valence-electron chi connectivity index (χ3n) is 4.33. The molecular formula is C17H20N4O2. The molecule has 0 saturated carbocycles. The Morgan fingerprint density at radius 3 is 2.57 bits per heavy atom. The molecular weight excluding hydrogens is 292 g/mol. The molecule has 1 aromatic heterocycles. The van der Waals surface area contributed by atoms with Gasteiger partial charge in [-0.3, -0.25) is 15.1 Å². The highest BCUT2D eigenvalue weighted by molar-refractivity contribution is 5.62. The van der Waals surface area contributed by atoms with Gasteiger partial charge in [0.15, 0.2) is 0 Å². The van der Waals surface area contributed by atoms with Crippen molar-refractivity contribution < 1.29 is 4.92 Å². The van der Waals surface area contributed by atoms with Crippen LogP contribution in [-0.2, 0) is 0 Å². The highest BCUT2D eigenvalue weighted by Gasteiger charge is 2.27. The van der Waals surface area contributed by atoms with Gasteiger partial charge < -0.3 is 10.6 Å². The Bertz CT molecular complexity index is 657. The third kappa shape index (κ3) is 3.65. The van der Waals surface area contributed by atoms with Crippen LogP contribution in [0.5, 0.6) is 0 Å². The predicted octanol–water partition coefficient (Wildman–Crippen LogP) is 3.14. The molecule has 120 valence electrons. The average molecular weight is 312 g/mol. The van der Waals surface area contributed by atoms with Crippen LogP contribution < -0.4 is 10.6 Å². The molecule has 0 radical (unpaired) electrons. The number of anilines is 1. The molecule has 3 rings (SSSR count). The third-order valence-corrected chi connectivity index (χ3v) is 4.33. The van der Waals surface area contributed by atoms with Crippen LogP contribution in [-0.4, -0.2) is 23.0 Å². The van der Waals surface area contributed by atoms with Crippen LogP contribution in [0.15, 0.2) is 48.8 Å². The zero-order chi connectivity index (χ0) is 16.1. The second-order valence-electron chi connectivity index (χ2n) is 5.76. The summed E-state index contributed by atoms with van der Waals surface area (Å²) in [4.78, 5) is 15.0. The zero-order valence-electron chi connectivity index (χ0n) is 12.8. The Balaban J connectivity index is 1.91. The Labute approximate surface area is 135 Å². The summed E-state index contributed by atoms with van der Waals surface area (Å²) in [5, 5.41) is 18.0. The molecule has 6 nitrogen and oxygen atoms in total. The molecule has 1 aromatic carbocycles. The van der Waals surface area contributed by atoms with Crippen molar-refractivity contribution in [2.24, 2.45) is 5.92 Å². The van der Waals surface area contributed by atoms with Gasteiger partial charge in [0, 0.05) is 18.5 Å².